The molecule has 2 aromatic rings. The fraction of sp³-hybridized carbons (Fsp3) is 0.538. The maximum absolute atomic E-state index is 10.6. The van der Waals surface area contributed by atoms with Crippen molar-refractivity contribution in [1.82, 2.24) is 10.6 Å². The lowest BCUT2D eigenvalue weighted by Gasteiger charge is -2.25. The van der Waals surface area contributed by atoms with Crippen molar-refractivity contribution in [3.63, 3.8) is 0 Å². The summed E-state index contributed by atoms with van der Waals surface area (Å²) in [7, 11) is 1.48. The molecule has 184 valence electrons. The molecule has 7 nitrogen and oxygen atoms in total. The van der Waals surface area contributed by atoms with Crippen LogP contribution in [-0.2, 0) is 4.74 Å². The minimum absolute atomic E-state index is 0.0127. The number of ether oxygens (including phenoxy) is 1. The van der Waals surface area contributed by atoms with E-state index < -0.39 is 18.3 Å². The highest BCUT2D eigenvalue weighted by Crippen LogP contribution is 2.38. The number of aliphatic hydroxyl groups excluding tert-OH is 2. The van der Waals surface area contributed by atoms with E-state index in [0.717, 1.165) is 0 Å². The molecule has 0 aromatic heterocycles. The minimum Gasteiger partial charge on any atom is -0.508 e. The average molecular weight is 461 g/mol. The quantitative estimate of drug-likeness (QED) is 0.338. The molecule has 0 spiro atoms. The van der Waals surface area contributed by atoms with Gasteiger partial charge in [-0.05, 0) is 76.9 Å². The molecular formula is C26H40N2O5. The van der Waals surface area contributed by atoms with E-state index in [0.29, 0.717) is 35.3 Å². The van der Waals surface area contributed by atoms with E-state index in [2.05, 4.69) is 10.6 Å². The van der Waals surface area contributed by atoms with Crippen LogP contribution in [0.4, 0.5) is 0 Å². The van der Waals surface area contributed by atoms with Crippen molar-refractivity contribution in [1.29, 1.82) is 0 Å². The molecule has 2 rings (SSSR count). The number of phenols is 2. The molecule has 0 fully saturated rings. The highest BCUT2D eigenvalue weighted by Gasteiger charge is 2.24. The van der Waals surface area contributed by atoms with Gasteiger partial charge in [-0.15, -0.1) is 0 Å². The van der Waals surface area contributed by atoms with Gasteiger partial charge in [0, 0.05) is 42.4 Å². The van der Waals surface area contributed by atoms with Crippen molar-refractivity contribution in [2.24, 2.45) is 0 Å². The van der Waals surface area contributed by atoms with Crippen molar-refractivity contribution in [2.45, 2.75) is 70.9 Å². The third-order valence-corrected chi connectivity index (χ3v) is 5.32. The first-order valence-corrected chi connectivity index (χ1v) is 11.3. The molecule has 33 heavy (non-hydrogen) atoms. The van der Waals surface area contributed by atoms with Gasteiger partial charge in [-0.2, -0.15) is 0 Å². The van der Waals surface area contributed by atoms with Crippen molar-refractivity contribution in [3.05, 3.63) is 58.7 Å². The van der Waals surface area contributed by atoms with Crippen LogP contribution >= 0.6 is 0 Å². The minimum atomic E-state index is -0.796. The number of hydrogen-bond acceptors (Lipinski definition) is 7. The summed E-state index contributed by atoms with van der Waals surface area (Å²) in [4.78, 5) is 0. The predicted octanol–water partition coefficient (Wildman–Crippen LogP) is 3.68. The van der Waals surface area contributed by atoms with Crippen LogP contribution in [0.2, 0.25) is 0 Å². The molecule has 2 aromatic carbocycles. The molecule has 0 saturated heterocycles. The van der Waals surface area contributed by atoms with E-state index in [1.54, 1.807) is 24.3 Å². The first-order valence-electron chi connectivity index (χ1n) is 11.3. The van der Waals surface area contributed by atoms with E-state index in [9.17, 15) is 20.4 Å². The summed E-state index contributed by atoms with van der Waals surface area (Å²) in [6.45, 7) is 12.8. The van der Waals surface area contributed by atoms with E-state index in [4.69, 9.17) is 4.74 Å². The lowest BCUT2D eigenvalue weighted by atomic mass is 9.94. The number of benzene rings is 2. The number of hydrogen-bond donors (Lipinski definition) is 6. The first-order chi connectivity index (χ1) is 15.2. The molecule has 0 radical (unpaired) electrons. The van der Waals surface area contributed by atoms with Gasteiger partial charge >= 0.3 is 0 Å². The molecule has 7 heteroatoms. The van der Waals surface area contributed by atoms with Crippen molar-refractivity contribution in [2.75, 3.05) is 20.2 Å². The Morgan fingerprint density at radius 2 is 1.09 bits per heavy atom. The van der Waals surface area contributed by atoms with Gasteiger partial charge in [0.15, 0.2) is 0 Å². The number of aliphatic hydroxyl groups is 2. The maximum Gasteiger partial charge on any atom is 0.121 e. The molecule has 2 unspecified atom stereocenters. The standard InChI is InChI=1S/C26H40N2O5/c1-25(2,3)27-14-22(31)16-8-10-20(29)18(12-16)24(33-7)19-13-17(9-11-21(19)30)23(32)15-28-26(4,5)6/h8-13,22-24,27-32H,14-15H2,1-7H3. The predicted molar refractivity (Wildman–Crippen MR) is 130 cm³/mol. The normalized spacial score (nSPS) is 15.3. The van der Waals surface area contributed by atoms with Crippen molar-refractivity contribution >= 4 is 0 Å². The van der Waals surface area contributed by atoms with Crippen LogP contribution in [0.3, 0.4) is 0 Å². The Kier molecular flexibility index (Phi) is 8.90. The maximum atomic E-state index is 10.6. The topological polar surface area (TPSA) is 114 Å². The monoisotopic (exact) mass is 460 g/mol. The number of phenolic OH excluding ortho intramolecular Hbond substituents is 2. The van der Waals surface area contributed by atoms with Crippen LogP contribution in [0.5, 0.6) is 11.5 Å². The zero-order valence-electron chi connectivity index (χ0n) is 20.8. The van der Waals surface area contributed by atoms with Crippen molar-refractivity contribution in [3.8, 4) is 11.5 Å². The Labute approximate surface area is 197 Å². The molecule has 0 aliphatic heterocycles. The third kappa shape index (κ3) is 7.98. The SMILES string of the molecule is COC(c1cc(C(O)CNC(C)(C)C)ccc1O)c1cc(C(O)CNC(C)(C)C)ccc1O. The second kappa shape index (κ2) is 10.8. The summed E-state index contributed by atoms with van der Waals surface area (Å²) in [6, 6.07) is 9.72. The largest absolute Gasteiger partial charge is 0.508 e. The molecule has 2 atom stereocenters. The Morgan fingerprint density at radius 1 is 0.727 bits per heavy atom. The molecule has 0 amide bonds. The van der Waals surface area contributed by atoms with Gasteiger partial charge < -0.3 is 35.8 Å². The highest BCUT2D eigenvalue weighted by atomic mass is 16.5. The van der Waals surface area contributed by atoms with Crippen molar-refractivity contribution < 1.29 is 25.2 Å². The summed E-state index contributed by atoms with van der Waals surface area (Å²) in [5, 5.41) is 48.9. The average Bonchev–Trinajstić information content (AvgIpc) is 2.72. The molecule has 0 aliphatic carbocycles. The Hall–Kier alpha value is -2.16. The fourth-order valence-corrected chi connectivity index (χ4v) is 3.44. The summed E-state index contributed by atoms with van der Waals surface area (Å²) < 4.78 is 5.67. The molecule has 6 N–H and O–H groups in total. The van der Waals surface area contributed by atoms with E-state index >= 15 is 0 Å². The van der Waals surface area contributed by atoms with Gasteiger partial charge in [-0.3, -0.25) is 0 Å². The number of aromatic hydroxyl groups is 2. The summed E-state index contributed by atoms with van der Waals surface area (Å²) in [5.74, 6) is -0.0253. The van der Waals surface area contributed by atoms with Gasteiger partial charge in [0.2, 0.25) is 0 Å². The van der Waals surface area contributed by atoms with E-state index in [-0.39, 0.29) is 22.6 Å². The Balaban J connectivity index is 2.36. The number of β-amino-alcohol motifs (C(OH)–C–C–N with tert-alkyl or cyclic N) is 2. The second-order valence-corrected chi connectivity index (χ2v) is 10.5. The highest BCUT2D eigenvalue weighted by molar-refractivity contribution is 5.48. The zero-order valence-corrected chi connectivity index (χ0v) is 20.8. The summed E-state index contributed by atoms with van der Waals surface area (Å²) >= 11 is 0. The Morgan fingerprint density at radius 3 is 1.39 bits per heavy atom. The lowest BCUT2D eigenvalue weighted by molar-refractivity contribution is 0.129. The van der Waals surface area contributed by atoms with Gasteiger partial charge in [0.05, 0.1) is 12.2 Å². The summed E-state index contributed by atoms with van der Waals surface area (Å²) in [5.41, 5.74) is 1.77. The molecule has 0 saturated carbocycles. The third-order valence-electron chi connectivity index (χ3n) is 5.32. The number of nitrogens with one attached hydrogen (secondary N) is 2. The number of rotatable bonds is 9. The first kappa shape index (κ1) is 27.1. The lowest BCUT2D eigenvalue weighted by Crippen LogP contribution is -2.38. The number of methoxy groups -OCH3 is 1. The Bertz CT molecular complexity index is 844. The second-order valence-electron chi connectivity index (χ2n) is 10.5. The van der Waals surface area contributed by atoms with Crippen LogP contribution in [0.25, 0.3) is 0 Å². The van der Waals surface area contributed by atoms with Crippen LogP contribution in [0.15, 0.2) is 36.4 Å². The molecular weight excluding hydrogens is 420 g/mol. The van der Waals surface area contributed by atoms with Crippen LogP contribution in [-0.4, -0.2) is 51.7 Å². The van der Waals surface area contributed by atoms with Gasteiger partial charge in [0.1, 0.15) is 17.6 Å². The van der Waals surface area contributed by atoms with Crippen LogP contribution in [0, 0.1) is 0 Å². The van der Waals surface area contributed by atoms with Crippen LogP contribution in [0.1, 0.15) is 82.1 Å². The zero-order chi connectivity index (χ0) is 25.0. The van der Waals surface area contributed by atoms with E-state index in [1.165, 1.54) is 19.2 Å². The van der Waals surface area contributed by atoms with E-state index in [1.807, 2.05) is 41.5 Å². The fourth-order valence-electron chi connectivity index (χ4n) is 3.44. The van der Waals surface area contributed by atoms with Gasteiger partial charge in [0.25, 0.3) is 0 Å². The molecule has 0 heterocycles. The molecule has 0 aliphatic rings. The molecule has 0 bridgehead atoms. The van der Waals surface area contributed by atoms with Crippen LogP contribution < -0.4 is 10.6 Å². The van der Waals surface area contributed by atoms with Gasteiger partial charge in [-0.1, -0.05) is 12.1 Å². The summed E-state index contributed by atoms with van der Waals surface area (Å²) in [6.07, 6.45) is -2.37. The smallest absolute Gasteiger partial charge is 0.121 e. The van der Waals surface area contributed by atoms with Gasteiger partial charge in [-0.25, -0.2) is 0 Å².